The van der Waals surface area contributed by atoms with Crippen LogP contribution in [0.3, 0.4) is 0 Å². The van der Waals surface area contributed by atoms with Gasteiger partial charge >= 0.3 is 41.8 Å². The zero-order chi connectivity index (χ0) is 42.8. The van der Waals surface area contributed by atoms with Crippen molar-refractivity contribution in [1.82, 2.24) is 0 Å². The summed E-state index contributed by atoms with van der Waals surface area (Å²) in [5.74, 6) is -10.2. The fraction of sp³-hybridized carbons (Fsp3) is 0.634. The second-order valence-corrected chi connectivity index (χ2v) is 16.4. The minimum atomic E-state index is -2.84. The molecule has 1 aromatic rings. The Kier molecular flexibility index (Phi) is 13.3. The van der Waals surface area contributed by atoms with E-state index in [1.54, 1.807) is 51.1 Å². The van der Waals surface area contributed by atoms with Gasteiger partial charge in [-0.05, 0) is 25.5 Å². The minimum Gasteiger partial charge on any atom is -0.459 e. The van der Waals surface area contributed by atoms with Gasteiger partial charge in [0.05, 0.1) is 17.4 Å². The van der Waals surface area contributed by atoms with Crippen LogP contribution in [0.1, 0.15) is 98.9 Å². The predicted molar refractivity (Wildman–Crippen MR) is 196 cm³/mol. The van der Waals surface area contributed by atoms with Crippen LogP contribution < -0.4 is 0 Å². The van der Waals surface area contributed by atoms with E-state index in [0.29, 0.717) is 0 Å². The number of ether oxygens (including phenoxy) is 7. The zero-order valence-electron chi connectivity index (χ0n) is 34.0. The molecule has 11 atom stereocenters. The number of hydrogen-bond acceptors (Lipinski definition) is 16. The Morgan fingerprint density at radius 1 is 0.754 bits per heavy atom. The molecule has 0 amide bonds. The SMILES string of the molecule is CC(=O)O[C@H]1[C@@H](OC(C)=O)C(C)(C)/C=C\[C@H](C)[C@H](OC(C)=O)[C@@]2(O)C[C@@](C)(OC(C)=O)[C@@H]3OC(=O)CC[C@@](O)([C@@H]1OC(=O)C(C)C)[C@H](OC(=O)c1ccccc1)[C@@H]32. The first-order chi connectivity index (χ1) is 26.4. The first-order valence-electron chi connectivity index (χ1n) is 18.9. The highest BCUT2D eigenvalue weighted by Gasteiger charge is 2.74. The molecule has 1 saturated heterocycles. The van der Waals surface area contributed by atoms with Gasteiger partial charge in [-0.15, -0.1) is 0 Å². The van der Waals surface area contributed by atoms with Crippen LogP contribution >= 0.6 is 0 Å². The fourth-order valence-electron chi connectivity index (χ4n) is 8.40. The van der Waals surface area contributed by atoms with Crippen LogP contribution in [0.2, 0.25) is 0 Å². The third-order valence-electron chi connectivity index (χ3n) is 10.8. The Balaban J connectivity index is 2.26. The van der Waals surface area contributed by atoms with Crippen LogP contribution in [0.15, 0.2) is 42.5 Å². The van der Waals surface area contributed by atoms with Gasteiger partial charge in [-0.1, -0.05) is 65.0 Å². The molecule has 2 bridgehead atoms. The summed E-state index contributed by atoms with van der Waals surface area (Å²) < 4.78 is 41.7. The lowest BCUT2D eigenvalue weighted by molar-refractivity contribution is -0.263. The van der Waals surface area contributed by atoms with Gasteiger partial charge in [0, 0.05) is 51.9 Å². The molecule has 314 valence electrons. The maximum atomic E-state index is 14.3. The van der Waals surface area contributed by atoms with E-state index in [1.165, 1.54) is 32.9 Å². The number of benzene rings is 1. The van der Waals surface area contributed by atoms with E-state index in [2.05, 4.69) is 0 Å². The molecule has 2 aliphatic carbocycles. The number of esters is 7. The van der Waals surface area contributed by atoms with E-state index in [-0.39, 0.29) is 5.56 Å². The van der Waals surface area contributed by atoms with Crippen molar-refractivity contribution < 1.29 is 76.9 Å². The highest BCUT2D eigenvalue weighted by Crippen LogP contribution is 2.56. The molecule has 3 aliphatic rings. The van der Waals surface area contributed by atoms with E-state index >= 15 is 0 Å². The molecule has 2 fully saturated rings. The van der Waals surface area contributed by atoms with Crippen LogP contribution in [0.25, 0.3) is 0 Å². The Morgan fingerprint density at radius 3 is 1.88 bits per heavy atom. The van der Waals surface area contributed by atoms with Gasteiger partial charge in [-0.3, -0.25) is 28.8 Å². The topological polar surface area (TPSA) is 225 Å². The van der Waals surface area contributed by atoms with E-state index in [1.807, 2.05) is 0 Å². The molecule has 16 nitrogen and oxygen atoms in total. The smallest absolute Gasteiger partial charge is 0.338 e. The molecular weight excluding hydrogens is 748 g/mol. The molecule has 4 rings (SSSR count). The van der Waals surface area contributed by atoms with Gasteiger partial charge in [0.1, 0.15) is 29.0 Å². The second kappa shape index (κ2) is 16.9. The van der Waals surface area contributed by atoms with Crippen LogP contribution in [-0.4, -0.2) is 105 Å². The summed E-state index contributed by atoms with van der Waals surface area (Å²) in [6.07, 6.45) is -9.88. The quantitative estimate of drug-likeness (QED) is 0.218. The number of hydrogen-bond donors (Lipinski definition) is 2. The molecule has 16 heteroatoms. The Morgan fingerprint density at radius 2 is 1.33 bits per heavy atom. The summed E-state index contributed by atoms with van der Waals surface area (Å²) in [5, 5.41) is 26.9. The number of rotatable bonds is 8. The molecule has 0 radical (unpaired) electrons. The van der Waals surface area contributed by atoms with Crippen molar-refractivity contribution in [2.75, 3.05) is 0 Å². The summed E-state index contributed by atoms with van der Waals surface area (Å²) in [4.78, 5) is 93.4. The average molecular weight is 803 g/mol. The van der Waals surface area contributed by atoms with Gasteiger partial charge < -0.3 is 43.4 Å². The first kappa shape index (κ1) is 44.9. The fourth-order valence-corrected chi connectivity index (χ4v) is 8.40. The molecule has 1 aliphatic heterocycles. The van der Waals surface area contributed by atoms with Crippen LogP contribution in [0.4, 0.5) is 0 Å². The number of aliphatic hydroxyl groups is 2. The monoisotopic (exact) mass is 802 g/mol. The van der Waals surface area contributed by atoms with Gasteiger partial charge in [0.2, 0.25) is 0 Å². The largest absolute Gasteiger partial charge is 0.459 e. The molecule has 57 heavy (non-hydrogen) atoms. The molecule has 2 N–H and O–H groups in total. The minimum absolute atomic E-state index is 0.0279. The van der Waals surface area contributed by atoms with Crippen molar-refractivity contribution in [1.29, 1.82) is 0 Å². The third kappa shape index (κ3) is 9.49. The van der Waals surface area contributed by atoms with Crippen molar-refractivity contribution in [2.45, 2.75) is 142 Å². The standard InChI is InChI=1S/C41H54O16/c1-21(2)36(47)56-35-30(51-23(4)42)34(53-25(6)44)38(8,9)18-16-22(3)31(52-24(5)43)41(50)20-39(10,57-26(7)45)32-29(41)33(40(35,49)19-17-28(46)54-32)55-37(48)27-14-12-11-13-15-27/h11-16,18,21-22,29-35,49-50H,17,19-20H2,1-10H3/b18-16-/t22-,29+,30-,31-,32+,33+,34+,35+,39+,40-,41+/m0/s1. The van der Waals surface area contributed by atoms with Crippen LogP contribution in [-0.2, 0) is 61.9 Å². The van der Waals surface area contributed by atoms with E-state index in [0.717, 1.165) is 27.7 Å². The van der Waals surface area contributed by atoms with Crippen molar-refractivity contribution in [3.63, 3.8) is 0 Å². The molecule has 1 heterocycles. The summed E-state index contributed by atoms with van der Waals surface area (Å²) in [6.45, 7) is 13.5. The summed E-state index contributed by atoms with van der Waals surface area (Å²) in [5.41, 5.74) is -8.66. The maximum absolute atomic E-state index is 14.3. The van der Waals surface area contributed by atoms with Gasteiger partial charge in [0.15, 0.2) is 24.4 Å². The number of carbonyl (C=O) groups excluding carboxylic acids is 7. The highest BCUT2D eigenvalue weighted by molar-refractivity contribution is 5.89. The Labute approximate surface area is 331 Å². The maximum Gasteiger partial charge on any atom is 0.338 e. The van der Waals surface area contributed by atoms with E-state index in [4.69, 9.17) is 33.2 Å². The zero-order valence-corrected chi connectivity index (χ0v) is 34.0. The predicted octanol–water partition coefficient (Wildman–Crippen LogP) is 3.32. The van der Waals surface area contributed by atoms with Crippen molar-refractivity contribution in [3.05, 3.63) is 48.0 Å². The lowest BCUT2D eigenvalue weighted by Gasteiger charge is -2.52. The van der Waals surface area contributed by atoms with Crippen LogP contribution in [0.5, 0.6) is 0 Å². The lowest BCUT2D eigenvalue weighted by Crippen LogP contribution is -2.70. The Bertz CT molecular complexity index is 1750. The summed E-state index contributed by atoms with van der Waals surface area (Å²) in [7, 11) is 0. The third-order valence-corrected chi connectivity index (χ3v) is 10.8. The first-order valence-corrected chi connectivity index (χ1v) is 18.9. The number of carbonyl (C=O) groups is 7. The highest BCUT2D eigenvalue weighted by atomic mass is 16.6. The molecule has 1 saturated carbocycles. The number of fused-ring (bicyclic) bond motifs is 1. The van der Waals surface area contributed by atoms with Gasteiger partial charge in [-0.2, -0.15) is 0 Å². The van der Waals surface area contributed by atoms with E-state index < -0.39 is 138 Å². The molecule has 0 spiro atoms. The molecule has 1 aromatic carbocycles. The molecule has 0 aromatic heterocycles. The summed E-state index contributed by atoms with van der Waals surface area (Å²) >= 11 is 0. The normalized spacial score (nSPS) is 35.4. The molecular formula is C41H54O16. The second-order valence-electron chi connectivity index (χ2n) is 16.4. The lowest BCUT2D eigenvalue weighted by atomic mass is 9.66. The molecule has 0 unspecified atom stereocenters. The van der Waals surface area contributed by atoms with Gasteiger partial charge in [-0.25, -0.2) is 4.79 Å². The van der Waals surface area contributed by atoms with Crippen molar-refractivity contribution in [3.8, 4) is 0 Å². The Hall–Kier alpha value is -4.83. The van der Waals surface area contributed by atoms with Crippen molar-refractivity contribution >= 4 is 41.8 Å². The average Bonchev–Trinajstić information content (AvgIpc) is 3.31. The van der Waals surface area contributed by atoms with E-state index in [9.17, 15) is 43.8 Å². The van der Waals surface area contributed by atoms with Gasteiger partial charge in [0.25, 0.3) is 0 Å². The summed E-state index contributed by atoms with van der Waals surface area (Å²) in [6, 6.07) is 7.55. The van der Waals surface area contributed by atoms with Crippen LogP contribution in [0, 0.1) is 23.2 Å². The van der Waals surface area contributed by atoms with Crippen molar-refractivity contribution in [2.24, 2.45) is 23.2 Å².